The molecule has 2 saturated heterocycles. The zero-order valence-corrected chi connectivity index (χ0v) is 19.5. The minimum Gasteiger partial charge on any atom is -0.435 e. The topological polar surface area (TPSA) is 99.1 Å². The molecule has 0 radical (unpaired) electrons. The number of amidine groups is 1. The molecule has 1 aromatic heterocycles. The van der Waals surface area contributed by atoms with Gasteiger partial charge in [0.1, 0.15) is 11.7 Å². The summed E-state index contributed by atoms with van der Waals surface area (Å²) in [6, 6.07) is 1.74. The fourth-order valence-corrected chi connectivity index (χ4v) is 3.47. The molecule has 3 rings (SSSR count). The molecule has 13 heteroatoms. The van der Waals surface area contributed by atoms with Crippen molar-refractivity contribution in [2.75, 3.05) is 38.2 Å². The summed E-state index contributed by atoms with van der Waals surface area (Å²) in [6.45, 7) is 5.21. The Kier molecular flexibility index (Phi) is 10.1. The van der Waals surface area contributed by atoms with E-state index in [1.165, 1.54) is 13.1 Å². The van der Waals surface area contributed by atoms with Crippen molar-refractivity contribution in [2.24, 2.45) is 4.99 Å². The Morgan fingerprint density at radius 2 is 1.97 bits per heavy atom. The molecule has 2 aliphatic rings. The molecule has 194 valence electrons. The molecular formula is C22H28F5N5O3. The Balaban J connectivity index is 0.00000210. The average molecular weight is 505 g/mol. The highest BCUT2D eigenvalue weighted by molar-refractivity contribution is 6.13. The summed E-state index contributed by atoms with van der Waals surface area (Å²) in [5, 5.41) is 12.4. The van der Waals surface area contributed by atoms with Crippen molar-refractivity contribution in [2.45, 2.75) is 39.0 Å². The number of carbonyl (C=O) groups is 1. The van der Waals surface area contributed by atoms with Crippen LogP contribution in [0.25, 0.3) is 5.57 Å². The van der Waals surface area contributed by atoms with Crippen LogP contribution in [0.15, 0.2) is 35.0 Å². The van der Waals surface area contributed by atoms with Gasteiger partial charge in [0.2, 0.25) is 0 Å². The second kappa shape index (κ2) is 12.6. The number of rotatable bonds is 5. The van der Waals surface area contributed by atoms with Crippen molar-refractivity contribution in [3.8, 4) is 0 Å². The van der Waals surface area contributed by atoms with E-state index in [1.807, 2.05) is 6.92 Å². The molecule has 1 aromatic rings. The van der Waals surface area contributed by atoms with Crippen LogP contribution in [0.2, 0.25) is 0 Å². The van der Waals surface area contributed by atoms with Gasteiger partial charge in [-0.05, 0) is 31.1 Å². The molecule has 2 fully saturated rings. The van der Waals surface area contributed by atoms with Crippen LogP contribution in [-0.4, -0.2) is 67.8 Å². The molecule has 0 aromatic carbocycles. The molecule has 3 N–H and O–H groups in total. The number of hydrogen-bond acceptors (Lipinski definition) is 7. The van der Waals surface area contributed by atoms with Crippen LogP contribution in [0.3, 0.4) is 0 Å². The van der Waals surface area contributed by atoms with E-state index in [0.29, 0.717) is 32.6 Å². The van der Waals surface area contributed by atoms with Crippen molar-refractivity contribution in [3.63, 3.8) is 0 Å². The highest BCUT2D eigenvalue weighted by Crippen LogP contribution is 2.35. The fraction of sp³-hybridized carbons (Fsp3) is 0.500. The van der Waals surface area contributed by atoms with Crippen molar-refractivity contribution >= 4 is 23.3 Å². The van der Waals surface area contributed by atoms with Crippen molar-refractivity contribution < 1.29 is 36.6 Å². The quantitative estimate of drug-likeness (QED) is 0.529. The summed E-state index contributed by atoms with van der Waals surface area (Å²) < 4.78 is 73.3. The molecule has 8 nitrogen and oxygen atoms in total. The number of halogens is 5. The lowest BCUT2D eigenvalue weighted by molar-refractivity contribution is -0.137. The minimum atomic E-state index is -4.67. The Labute approximate surface area is 199 Å². The lowest BCUT2D eigenvalue weighted by atomic mass is 9.97. The first-order valence-corrected chi connectivity index (χ1v) is 10.8. The normalized spacial score (nSPS) is 21.5. The van der Waals surface area contributed by atoms with E-state index in [-0.39, 0.29) is 28.5 Å². The number of piperazine rings is 1. The Morgan fingerprint density at radius 1 is 1.31 bits per heavy atom. The molecule has 0 saturated carbocycles. The van der Waals surface area contributed by atoms with Gasteiger partial charge < -0.3 is 20.1 Å². The second-order valence-corrected chi connectivity index (χ2v) is 7.43. The third-order valence-corrected chi connectivity index (χ3v) is 5.14. The molecule has 35 heavy (non-hydrogen) atoms. The number of nitrogens with one attached hydrogen (secondary N) is 2. The second-order valence-electron chi connectivity index (χ2n) is 7.43. The number of amides is 1. The number of nitrogens with zero attached hydrogens (tertiary/aromatic N) is 3. The highest BCUT2D eigenvalue weighted by atomic mass is 19.4. The maximum atomic E-state index is 13.8. The van der Waals surface area contributed by atoms with E-state index >= 15 is 0 Å². The van der Waals surface area contributed by atoms with E-state index in [1.54, 1.807) is 11.0 Å². The van der Waals surface area contributed by atoms with Crippen LogP contribution >= 0.6 is 0 Å². The van der Waals surface area contributed by atoms with Crippen LogP contribution in [0, 0.1) is 0 Å². The molecule has 0 aliphatic carbocycles. The molecular weight excluding hydrogens is 477 g/mol. The van der Waals surface area contributed by atoms with Crippen molar-refractivity contribution in [1.82, 2.24) is 15.6 Å². The van der Waals surface area contributed by atoms with E-state index in [0.717, 1.165) is 19.2 Å². The summed E-state index contributed by atoms with van der Waals surface area (Å²) in [7, 11) is 1.00. The monoisotopic (exact) mass is 505 g/mol. The number of aliphatic hydroxyl groups excluding tert-OH is 1. The van der Waals surface area contributed by atoms with Crippen molar-refractivity contribution in [3.05, 3.63) is 41.2 Å². The Morgan fingerprint density at radius 3 is 2.54 bits per heavy atom. The minimum absolute atomic E-state index is 0.00793. The van der Waals surface area contributed by atoms with Gasteiger partial charge in [-0.1, -0.05) is 13.0 Å². The number of ether oxygens (including phenoxy) is 1. The van der Waals surface area contributed by atoms with E-state index in [4.69, 9.17) is 9.84 Å². The maximum Gasteiger partial charge on any atom is 0.416 e. The van der Waals surface area contributed by atoms with Gasteiger partial charge in [-0.3, -0.25) is 5.32 Å². The third-order valence-electron chi connectivity index (χ3n) is 5.14. The van der Waals surface area contributed by atoms with Crippen LogP contribution in [0.4, 0.5) is 32.6 Å². The number of aliphatic imine (C=N–C) groups is 1. The standard InChI is InChI=1S/C21H24F5N5O2.CH4O/c1-3-4-5-28-19-16(17(18(22)23)33-20(32)30-19)12(2)14-10-13(21(24,25)26)11-15(29-14)31-8-6-27-7-9-31;1-2/h4-5,10-11,17-18,27H,3,6-9H2,1-2H3,(H,28,30,32);2H,1H3/b5-4+,16-12+;. The van der Waals surface area contributed by atoms with E-state index in [2.05, 4.69) is 20.6 Å². The number of anilines is 1. The third kappa shape index (κ3) is 7.21. The summed E-state index contributed by atoms with van der Waals surface area (Å²) in [4.78, 5) is 21.9. The first kappa shape index (κ1) is 28.2. The Bertz CT molecular complexity index is 973. The maximum absolute atomic E-state index is 13.8. The summed E-state index contributed by atoms with van der Waals surface area (Å²) in [5.41, 5.74) is -1.36. The predicted octanol–water partition coefficient (Wildman–Crippen LogP) is 3.59. The number of aromatic nitrogens is 1. The van der Waals surface area contributed by atoms with Gasteiger partial charge in [0.25, 0.3) is 6.43 Å². The van der Waals surface area contributed by atoms with Crippen molar-refractivity contribution in [1.29, 1.82) is 0 Å². The number of cyclic esters (lactones) is 1. The summed E-state index contributed by atoms with van der Waals surface area (Å²) in [5.74, 6) is -0.137. The van der Waals surface area contributed by atoms with Gasteiger partial charge in [0.15, 0.2) is 6.10 Å². The highest BCUT2D eigenvalue weighted by Gasteiger charge is 2.39. The first-order chi connectivity index (χ1) is 16.6. The summed E-state index contributed by atoms with van der Waals surface area (Å²) >= 11 is 0. The molecule has 1 unspecified atom stereocenters. The number of allylic oxidation sites excluding steroid dienone is 2. The fourth-order valence-electron chi connectivity index (χ4n) is 3.47. The molecule has 0 spiro atoms. The molecule has 3 heterocycles. The number of pyridine rings is 1. The van der Waals surface area contributed by atoms with Crippen LogP contribution in [-0.2, 0) is 10.9 Å². The van der Waals surface area contributed by atoms with Crippen LogP contribution in [0.5, 0.6) is 0 Å². The Hall–Kier alpha value is -3.06. The zero-order valence-electron chi connectivity index (χ0n) is 19.5. The van der Waals surface area contributed by atoms with Gasteiger partial charge in [-0.2, -0.15) is 13.2 Å². The molecule has 2 aliphatic heterocycles. The SMILES string of the molecule is CC/C=C/N=C1\NC(=O)OC(C(F)F)\C1=C(\C)c1cc(C(F)(F)F)cc(N2CCNCC2)n1.CO. The first-order valence-electron chi connectivity index (χ1n) is 10.8. The van der Waals surface area contributed by atoms with Crippen LogP contribution in [0.1, 0.15) is 31.5 Å². The van der Waals surface area contributed by atoms with Gasteiger partial charge in [-0.25, -0.2) is 23.6 Å². The van der Waals surface area contributed by atoms with Gasteiger partial charge >= 0.3 is 12.3 Å². The molecule has 0 bridgehead atoms. The predicted molar refractivity (Wildman–Crippen MR) is 121 cm³/mol. The van der Waals surface area contributed by atoms with Crippen LogP contribution < -0.4 is 15.5 Å². The number of aliphatic hydroxyl groups is 1. The largest absolute Gasteiger partial charge is 0.435 e. The smallest absolute Gasteiger partial charge is 0.416 e. The molecule has 1 amide bonds. The number of alkyl halides is 5. The van der Waals surface area contributed by atoms with Gasteiger partial charge in [-0.15, -0.1) is 0 Å². The van der Waals surface area contributed by atoms with Gasteiger partial charge in [0, 0.05) is 45.1 Å². The zero-order chi connectivity index (χ0) is 26.2. The number of alkyl carbamates (subject to hydrolysis) is 1. The summed E-state index contributed by atoms with van der Waals surface area (Å²) in [6.07, 6.45) is -7.39. The average Bonchev–Trinajstić information content (AvgIpc) is 2.84. The number of hydrogen-bond donors (Lipinski definition) is 3. The van der Waals surface area contributed by atoms with E-state index in [9.17, 15) is 26.7 Å². The van der Waals surface area contributed by atoms with E-state index < -0.39 is 30.4 Å². The molecule has 1 atom stereocenters. The lowest BCUT2D eigenvalue weighted by Crippen LogP contribution is -2.47. The lowest BCUT2D eigenvalue weighted by Gasteiger charge is -2.30. The number of carbonyl (C=O) groups excluding carboxylic acids is 1. The van der Waals surface area contributed by atoms with Gasteiger partial charge in [0.05, 0.1) is 11.3 Å².